The molecule has 6 nitrogen and oxygen atoms in total. The maximum Gasteiger partial charge on any atom is 0.309 e. The van der Waals surface area contributed by atoms with Crippen LogP contribution in [0.1, 0.15) is 23.6 Å². The summed E-state index contributed by atoms with van der Waals surface area (Å²) in [6.07, 6.45) is 0.0756. The molecule has 0 aliphatic heterocycles. The smallest absolute Gasteiger partial charge is 0.309 e. The van der Waals surface area contributed by atoms with Crippen molar-refractivity contribution >= 4 is 11.9 Å². The Morgan fingerprint density at radius 1 is 1.15 bits per heavy atom. The molecule has 1 amide bonds. The van der Waals surface area contributed by atoms with Crippen molar-refractivity contribution in [3.05, 3.63) is 65.0 Å². The quantitative estimate of drug-likeness (QED) is 0.656. The Labute approximate surface area is 157 Å². The number of benzene rings is 2. The average Bonchev–Trinajstić information content (AvgIpc) is 2.66. The van der Waals surface area contributed by atoms with E-state index in [1.54, 1.807) is 31.2 Å². The van der Waals surface area contributed by atoms with Crippen molar-refractivity contribution in [3.63, 3.8) is 0 Å². The molecule has 0 aliphatic rings. The zero-order valence-electron chi connectivity index (χ0n) is 15.3. The van der Waals surface area contributed by atoms with Crippen molar-refractivity contribution in [1.29, 1.82) is 0 Å². The second kappa shape index (κ2) is 9.68. The van der Waals surface area contributed by atoms with Crippen LogP contribution in [0.4, 0.5) is 4.39 Å². The Bertz CT molecular complexity index is 793. The molecule has 7 heteroatoms. The van der Waals surface area contributed by atoms with Crippen LogP contribution in [0.5, 0.6) is 5.75 Å². The van der Waals surface area contributed by atoms with Crippen molar-refractivity contribution < 1.29 is 23.5 Å². The summed E-state index contributed by atoms with van der Waals surface area (Å²) in [6.45, 7) is 2.31. The molecule has 2 aromatic carbocycles. The van der Waals surface area contributed by atoms with Crippen molar-refractivity contribution in [3.8, 4) is 5.75 Å². The van der Waals surface area contributed by atoms with Crippen LogP contribution < -0.4 is 15.8 Å². The molecule has 0 radical (unpaired) electrons. The largest absolute Gasteiger partial charge is 0.489 e. The highest BCUT2D eigenvalue weighted by atomic mass is 19.1. The van der Waals surface area contributed by atoms with E-state index in [-0.39, 0.29) is 24.8 Å². The highest BCUT2D eigenvalue weighted by Gasteiger charge is 2.13. The molecule has 2 aromatic rings. The molecule has 1 unspecified atom stereocenters. The number of halogens is 1. The summed E-state index contributed by atoms with van der Waals surface area (Å²) < 4.78 is 23.4. The molecule has 0 fully saturated rings. The van der Waals surface area contributed by atoms with E-state index in [4.69, 9.17) is 15.2 Å². The Hall–Kier alpha value is -2.93. The molecule has 1 atom stereocenters. The number of primary amides is 1. The third kappa shape index (κ3) is 6.38. The number of carbonyl (C=O) groups excluding carboxylic acids is 2. The summed E-state index contributed by atoms with van der Waals surface area (Å²) >= 11 is 0. The first-order valence-corrected chi connectivity index (χ1v) is 8.47. The van der Waals surface area contributed by atoms with Crippen LogP contribution in [0.15, 0.2) is 42.5 Å². The van der Waals surface area contributed by atoms with Gasteiger partial charge in [-0.1, -0.05) is 18.2 Å². The SMILES string of the molecule is COC(=O)Cc1cc(OCc2ccc(F)cc2)ccc1CNC(C)C(N)=O. The van der Waals surface area contributed by atoms with Gasteiger partial charge in [0.05, 0.1) is 19.6 Å². The van der Waals surface area contributed by atoms with E-state index in [2.05, 4.69) is 5.32 Å². The Morgan fingerprint density at radius 2 is 1.85 bits per heavy atom. The molecule has 2 rings (SSSR count). The van der Waals surface area contributed by atoms with Gasteiger partial charge in [-0.2, -0.15) is 0 Å². The Kier molecular flexibility index (Phi) is 7.31. The minimum absolute atomic E-state index is 0.0756. The molecule has 0 saturated heterocycles. The Morgan fingerprint density at radius 3 is 2.48 bits per heavy atom. The molecular weight excluding hydrogens is 351 g/mol. The van der Waals surface area contributed by atoms with Crippen LogP contribution in [0.2, 0.25) is 0 Å². The number of nitrogens with two attached hydrogens (primary N) is 1. The van der Waals surface area contributed by atoms with Gasteiger partial charge in [0.2, 0.25) is 5.91 Å². The third-order valence-electron chi connectivity index (χ3n) is 4.08. The van der Waals surface area contributed by atoms with Crippen LogP contribution >= 0.6 is 0 Å². The van der Waals surface area contributed by atoms with Crippen molar-refractivity contribution in [2.45, 2.75) is 32.5 Å². The summed E-state index contributed by atoms with van der Waals surface area (Å²) in [5.41, 5.74) is 7.64. The zero-order chi connectivity index (χ0) is 19.8. The van der Waals surface area contributed by atoms with Gasteiger partial charge in [-0.15, -0.1) is 0 Å². The van der Waals surface area contributed by atoms with Crippen molar-refractivity contribution in [1.82, 2.24) is 5.32 Å². The van der Waals surface area contributed by atoms with Crippen LogP contribution in [-0.2, 0) is 33.9 Å². The maximum absolute atomic E-state index is 13.0. The molecule has 0 aliphatic carbocycles. The lowest BCUT2D eigenvalue weighted by Gasteiger charge is -2.15. The van der Waals surface area contributed by atoms with Crippen molar-refractivity contribution in [2.75, 3.05) is 7.11 Å². The second-order valence-corrected chi connectivity index (χ2v) is 6.10. The van der Waals surface area contributed by atoms with Gasteiger partial charge < -0.3 is 20.5 Å². The number of ether oxygens (including phenoxy) is 2. The first-order chi connectivity index (χ1) is 12.9. The van der Waals surface area contributed by atoms with Gasteiger partial charge in [0.1, 0.15) is 18.2 Å². The van der Waals surface area contributed by atoms with E-state index in [1.165, 1.54) is 19.2 Å². The predicted octanol–water partition coefficient (Wildman–Crippen LogP) is 2.08. The molecule has 27 heavy (non-hydrogen) atoms. The standard InChI is InChI=1S/C20H23FN2O4/c1-13(20(22)25)23-11-15-5-8-18(9-16(15)10-19(24)26-2)27-12-14-3-6-17(21)7-4-14/h3-9,13,23H,10-12H2,1-2H3,(H2,22,25). The number of nitrogens with one attached hydrogen (secondary N) is 1. The number of methoxy groups -OCH3 is 1. The van der Waals surface area contributed by atoms with E-state index in [0.29, 0.717) is 12.3 Å². The zero-order valence-corrected chi connectivity index (χ0v) is 15.3. The fourth-order valence-corrected chi connectivity index (χ4v) is 2.37. The highest BCUT2D eigenvalue weighted by molar-refractivity contribution is 5.79. The maximum atomic E-state index is 13.0. The number of rotatable bonds is 9. The van der Waals surface area contributed by atoms with Crippen LogP contribution in [0.25, 0.3) is 0 Å². The summed E-state index contributed by atoms with van der Waals surface area (Å²) in [6, 6.07) is 10.9. The molecule has 0 heterocycles. The fraction of sp³-hybridized carbons (Fsp3) is 0.300. The normalized spacial score (nSPS) is 11.7. The second-order valence-electron chi connectivity index (χ2n) is 6.10. The van der Waals surface area contributed by atoms with E-state index < -0.39 is 11.9 Å². The number of carbonyl (C=O) groups is 2. The van der Waals surface area contributed by atoms with Gasteiger partial charge >= 0.3 is 5.97 Å². The van der Waals surface area contributed by atoms with Crippen molar-refractivity contribution in [2.24, 2.45) is 5.73 Å². The van der Waals surface area contributed by atoms with E-state index in [0.717, 1.165) is 16.7 Å². The van der Waals surface area contributed by atoms with E-state index in [9.17, 15) is 14.0 Å². The summed E-state index contributed by atoms with van der Waals surface area (Å²) in [4.78, 5) is 22.9. The Balaban J connectivity index is 2.11. The van der Waals surface area contributed by atoms with Gasteiger partial charge in [-0.3, -0.25) is 9.59 Å². The average molecular weight is 374 g/mol. The number of amides is 1. The first-order valence-electron chi connectivity index (χ1n) is 8.47. The van der Waals surface area contributed by atoms with E-state index in [1.807, 2.05) is 6.07 Å². The number of hydrogen-bond donors (Lipinski definition) is 2. The van der Waals surface area contributed by atoms with Gasteiger partial charge in [0, 0.05) is 6.54 Å². The van der Waals surface area contributed by atoms with Gasteiger partial charge in [0.15, 0.2) is 0 Å². The summed E-state index contributed by atoms with van der Waals surface area (Å²) in [5.74, 6) is -0.565. The predicted molar refractivity (Wildman–Crippen MR) is 98.4 cm³/mol. The first kappa shape index (κ1) is 20.4. The van der Waals surface area contributed by atoms with Crippen LogP contribution in [0.3, 0.4) is 0 Å². The van der Waals surface area contributed by atoms with Gasteiger partial charge in [-0.05, 0) is 47.9 Å². The number of esters is 1. The number of hydrogen-bond acceptors (Lipinski definition) is 5. The van der Waals surface area contributed by atoms with Crippen LogP contribution in [-0.4, -0.2) is 25.0 Å². The summed E-state index contributed by atoms with van der Waals surface area (Å²) in [5, 5.41) is 3.01. The molecular formula is C20H23FN2O4. The third-order valence-corrected chi connectivity index (χ3v) is 4.08. The molecule has 0 saturated carbocycles. The lowest BCUT2D eigenvalue weighted by atomic mass is 10.0. The fourth-order valence-electron chi connectivity index (χ4n) is 2.37. The monoisotopic (exact) mass is 374 g/mol. The minimum atomic E-state index is -0.495. The van der Waals surface area contributed by atoms with Gasteiger partial charge in [-0.25, -0.2) is 4.39 Å². The summed E-state index contributed by atoms with van der Waals surface area (Å²) in [7, 11) is 1.32. The van der Waals surface area contributed by atoms with Gasteiger partial charge in [0.25, 0.3) is 0 Å². The molecule has 0 aromatic heterocycles. The highest BCUT2D eigenvalue weighted by Crippen LogP contribution is 2.20. The van der Waals surface area contributed by atoms with E-state index >= 15 is 0 Å². The molecule has 0 bridgehead atoms. The van der Waals surface area contributed by atoms with Crippen LogP contribution in [0, 0.1) is 5.82 Å². The molecule has 0 spiro atoms. The molecule has 3 N–H and O–H groups in total. The topological polar surface area (TPSA) is 90.7 Å². The lowest BCUT2D eigenvalue weighted by Crippen LogP contribution is -2.38. The lowest BCUT2D eigenvalue weighted by molar-refractivity contribution is -0.139. The minimum Gasteiger partial charge on any atom is -0.489 e. The molecule has 144 valence electrons.